The molecule has 0 atom stereocenters. The van der Waals surface area contributed by atoms with Gasteiger partial charge in [-0.1, -0.05) is 18.7 Å². The molecule has 0 saturated heterocycles. The highest BCUT2D eigenvalue weighted by Gasteiger charge is 2.13. The van der Waals surface area contributed by atoms with E-state index < -0.39 is 4.92 Å². The molecule has 1 rings (SSSR count). The van der Waals surface area contributed by atoms with E-state index in [-0.39, 0.29) is 5.69 Å². The van der Waals surface area contributed by atoms with Crippen LogP contribution in [0.1, 0.15) is 5.56 Å². The van der Waals surface area contributed by atoms with E-state index in [9.17, 15) is 14.9 Å². The zero-order valence-corrected chi connectivity index (χ0v) is 7.27. The van der Waals surface area contributed by atoms with Crippen LogP contribution in [0.25, 0.3) is 6.08 Å². The fourth-order valence-corrected chi connectivity index (χ4v) is 1.12. The summed E-state index contributed by atoms with van der Waals surface area (Å²) in [5.41, 5.74) is 0.612. The van der Waals surface area contributed by atoms with Crippen molar-refractivity contribution in [2.45, 2.75) is 0 Å². The molecule has 72 valence electrons. The maximum Gasteiger partial charge on any atom is 0.278 e. The molecule has 0 radical (unpaired) electrons. The van der Waals surface area contributed by atoms with Crippen molar-refractivity contribution in [3.63, 3.8) is 0 Å². The van der Waals surface area contributed by atoms with E-state index in [1.54, 1.807) is 6.07 Å². The van der Waals surface area contributed by atoms with E-state index in [0.29, 0.717) is 17.7 Å². The average Bonchev–Trinajstić information content (AvgIpc) is 2.18. The van der Waals surface area contributed by atoms with E-state index in [4.69, 9.17) is 0 Å². The SMILES string of the molecule is C=Cc1c(NC=O)cccc1[N+](=O)[O-]. The Labute approximate surface area is 80.2 Å². The minimum atomic E-state index is -0.521. The summed E-state index contributed by atoms with van der Waals surface area (Å²) in [6.07, 6.45) is 1.80. The first-order valence-corrected chi connectivity index (χ1v) is 3.80. The number of hydrogen-bond donors (Lipinski definition) is 1. The third-order valence-electron chi connectivity index (χ3n) is 1.70. The Hall–Kier alpha value is -2.17. The molecule has 0 aliphatic carbocycles. The van der Waals surface area contributed by atoms with Crippen molar-refractivity contribution in [3.8, 4) is 0 Å². The monoisotopic (exact) mass is 192 g/mol. The van der Waals surface area contributed by atoms with Crippen LogP contribution >= 0.6 is 0 Å². The van der Waals surface area contributed by atoms with Gasteiger partial charge in [-0.3, -0.25) is 14.9 Å². The second-order valence-electron chi connectivity index (χ2n) is 2.46. The van der Waals surface area contributed by atoms with E-state index in [0.717, 1.165) is 0 Å². The predicted molar refractivity (Wildman–Crippen MR) is 52.9 cm³/mol. The van der Waals surface area contributed by atoms with Crippen LogP contribution in [-0.2, 0) is 4.79 Å². The van der Waals surface area contributed by atoms with Gasteiger partial charge in [0.05, 0.1) is 16.2 Å². The molecule has 0 bridgehead atoms. The third kappa shape index (κ3) is 1.77. The number of nitro groups is 1. The lowest BCUT2D eigenvalue weighted by molar-refractivity contribution is -0.385. The molecule has 1 aromatic carbocycles. The third-order valence-corrected chi connectivity index (χ3v) is 1.70. The molecule has 14 heavy (non-hydrogen) atoms. The highest BCUT2D eigenvalue weighted by Crippen LogP contribution is 2.26. The summed E-state index contributed by atoms with van der Waals surface area (Å²) < 4.78 is 0. The average molecular weight is 192 g/mol. The van der Waals surface area contributed by atoms with Gasteiger partial charge in [-0.2, -0.15) is 0 Å². The number of carbonyl (C=O) groups is 1. The summed E-state index contributed by atoms with van der Waals surface area (Å²) in [6.45, 7) is 3.46. The number of hydrogen-bond acceptors (Lipinski definition) is 3. The van der Waals surface area contributed by atoms with Crippen LogP contribution in [0.4, 0.5) is 11.4 Å². The maximum atomic E-state index is 10.6. The highest BCUT2D eigenvalue weighted by atomic mass is 16.6. The first-order valence-electron chi connectivity index (χ1n) is 3.80. The van der Waals surface area contributed by atoms with Crippen molar-refractivity contribution < 1.29 is 9.72 Å². The van der Waals surface area contributed by atoms with Gasteiger partial charge < -0.3 is 5.32 Å². The van der Waals surface area contributed by atoms with Crippen LogP contribution in [0.5, 0.6) is 0 Å². The Morgan fingerprint density at radius 2 is 2.21 bits per heavy atom. The Morgan fingerprint density at radius 3 is 2.71 bits per heavy atom. The summed E-state index contributed by atoms with van der Waals surface area (Å²) in [6, 6.07) is 4.42. The smallest absolute Gasteiger partial charge is 0.278 e. The van der Waals surface area contributed by atoms with Crippen LogP contribution in [0.15, 0.2) is 24.8 Å². The summed E-state index contributed by atoms with van der Waals surface area (Å²) in [5.74, 6) is 0. The van der Waals surface area contributed by atoms with Gasteiger partial charge in [0.15, 0.2) is 0 Å². The Bertz CT molecular complexity index is 388. The minimum absolute atomic E-state index is 0.0770. The molecule has 0 heterocycles. The number of nitrogens with zero attached hydrogens (tertiary/aromatic N) is 1. The van der Waals surface area contributed by atoms with E-state index in [2.05, 4.69) is 11.9 Å². The van der Waals surface area contributed by atoms with Crippen molar-refractivity contribution in [3.05, 3.63) is 40.5 Å². The summed E-state index contributed by atoms with van der Waals surface area (Å²) >= 11 is 0. The molecule has 0 fully saturated rings. The maximum absolute atomic E-state index is 10.6. The zero-order valence-electron chi connectivity index (χ0n) is 7.27. The number of amides is 1. The quantitative estimate of drug-likeness (QED) is 0.449. The van der Waals surface area contributed by atoms with Gasteiger partial charge in [0.2, 0.25) is 6.41 Å². The largest absolute Gasteiger partial charge is 0.328 e. The van der Waals surface area contributed by atoms with Crippen LogP contribution in [0.2, 0.25) is 0 Å². The summed E-state index contributed by atoms with van der Waals surface area (Å²) in [4.78, 5) is 20.3. The highest BCUT2D eigenvalue weighted by molar-refractivity contribution is 5.81. The first-order chi connectivity index (χ1) is 6.70. The number of nitrogens with one attached hydrogen (secondary N) is 1. The van der Waals surface area contributed by atoms with Gasteiger partial charge >= 0.3 is 0 Å². The van der Waals surface area contributed by atoms with E-state index in [1.807, 2.05) is 0 Å². The van der Waals surface area contributed by atoms with Gasteiger partial charge in [-0.25, -0.2) is 0 Å². The van der Waals surface area contributed by atoms with Crippen molar-refractivity contribution >= 4 is 23.9 Å². The van der Waals surface area contributed by atoms with Crippen LogP contribution in [0.3, 0.4) is 0 Å². The molecule has 5 nitrogen and oxygen atoms in total. The summed E-state index contributed by atoms with van der Waals surface area (Å²) in [5, 5.41) is 12.9. The standard InChI is InChI=1S/C9H8N2O3/c1-2-7-8(10-6-12)4-3-5-9(7)11(13)14/h2-6H,1H2,(H,10,12). The van der Waals surface area contributed by atoms with Gasteiger partial charge in [-0.15, -0.1) is 0 Å². The fourth-order valence-electron chi connectivity index (χ4n) is 1.12. The Morgan fingerprint density at radius 1 is 1.50 bits per heavy atom. The van der Waals surface area contributed by atoms with E-state index in [1.165, 1.54) is 18.2 Å². The molecule has 0 spiro atoms. The molecule has 0 unspecified atom stereocenters. The normalized spacial score (nSPS) is 9.14. The molecular formula is C9H8N2O3. The van der Waals surface area contributed by atoms with Gasteiger partial charge in [0.1, 0.15) is 0 Å². The lowest BCUT2D eigenvalue weighted by Gasteiger charge is -2.03. The number of benzene rings is 1. The number of rotatable bonds is 4. The molecule has 0 aliphatic heterocycles. The molecule has 1 aromatic rings. The number of nitro benzene ring substituents is 1. The molecular weight excluding hydrogens is 184 g/mol. The molecule has 5 heteroatoms. The molecule has 1 N–H and O–H groups in total. The van der Waals surface area contributed by atoms with Crippen molar-refractivity contribution in [1.82, 2.24) is 0 Å². The molecule has 1 amide bonds. The molecule has 0 aromatic heterocycles. The van der Waals surface area contributed by atoms with Crippen LogP contribution in [0, 0.1) is 10.1 Å². The fraction of sp³-hybridized carbons (Fsp3) is 0. The predicted octanol–water partition coefficient (Wildman–Crippen LogP) is 1.81. The minimum Gasteiger partial charge on any atom is -0.328 e. The van der Waals surface area contributed by atoms with Crippen molar-refractivity contribution in [1.29, 1.82) is 0 Å². The van der Waals surface area contributed by atoms with Gasteiger partial charge in [0, 0.05) is 6.07 Å². The lowest BCUT2D eigenvalue weighted by Crippen LogP contribution is -1.99. The number of carbonyl (C=O) groups excluding carboxylic acids is 1. The zero-order chi connectivity index (χ0) is 10.6. The van der Waals surface area contributed by atoms with E-state index >= 15 is 0 Å². The topological polar surface area (TPSA) is 72.2 Å². The van der Waals surface area contributed by atoms with Crippen LogP contribution < -0.4 is 5.32 Å². The molecule has 0 saturated carbocycles. The van der Waals surface area contributed by atoms with Crippen molar-refractivity contribution in [2.75, 3.05) is 5.32 Å². The molecule has 0 aliphatic rings. The lowest BCUT2D eigenvalue weighted by atomic mass is 10.1. The summed E-state index contributed by atoms with van der Waals surface area (Å²) in [7, 11) is 0. The second-order valence-corrected chi connectivity index (χ2v) is 2.46. The van der Waals surface area contributed by atoms with Gasteiger partial charge in [-0.05, 0) is 6.07 Å². The van der Waals surface area contributed by atoms with Gasteiger partial charge in [0.25, 0.3) is 5.69 Å². The first kappa shape index (κ1) is 9.91. The van der Waals surface area contributed by atoms with Crippen LogP contribution in [-0.4, -0.2) is 11.3 Å². The number of anilines is 1. The Kier molecular flexibility index (Phi) is 2.96. The Balaban J connectivity index is 3.31. The second kappa shape index (κ2) is 4.18. The van der Waals surface area contributed by atoms with Crippen molar-refractivity contribution in [2.24, 2.45) is 0 Å².